The highest BCUT2D eigenvalue weighted by Gasteiger charge is 2.26. The predicted molar refractivity (Wildman–Crippen MR) is 87.9 cm³/mol. The van der Waals surface area contributed by atoms with E-state index in [-0.39, 0.29) is 16.6 Å². The summed E-state index contributed by atoms with van der Waals surface area (Å²) in [4.78, 5) is 14.3. The Morgan fingerprint density at radius 1 is 1.29 bits per heavy atom. The smallest absolute Gasteiger partial charge is 0.273 e. The van der Waals surface area contributed by atoms with Crippen LogP contribution in [0.4, 0.5) is 0 Å². The summed E-state index contributed by atoms with van der Waals surface area (Å²) < 4.78 is 31.3. The normalized spacial score (nSPS) is 19.1. The molecule has 0 unspecified atom stereocenters. The van der Waals surface area contributed by atoms with E-state index < -0.39 is 10.0 Å². The lowest BCUT2D eigenvalue weighted by Gasteiger charge is -2.33. The van der Waals surface area contributed by atoms with Crippen LogP contribution in [0, 0.1) is 0 Å². The Morgan fingerprint density at radius 3 is 2.62 bits per heavy atom. The van der Waals surface area contributed by atoms with Crippen LogP contribution >= 0.6 is 11.6 Å². The van der Waals surface area contributed by atoms with Crippen molar-refractivity contribution in [2.45, 2.75) is 6.54 Å². The zero-order valence-corrected chi connectivity index (χ0v) is 14.9. The summed E-state index contributed by atoms with van der Waals surface area (Å²) in [7, 11) is -3.12. The predicted octanol–water partition coefficient (Wildman–Crippen LogP) is -0.764. The number of piperazine rings is 1. The molecule has 0 atom stereocenters. The van der Waals surface area contributed by atoms with Crippen molar-refractivity contribution in [1.29, 1.82) is 0 Å². The Balaban J connectivity index is 1.45. The van der Waals surface area contributed by atoms with Crippen LogP contribution in [0.5, 0.6) is 5.88 Å². The number of sulfonamides is 1. The number of aromatic nitrogens is 2. The second kappa shape index (κ2) is 6.87. The number of hydrogen-bond acceptors (Lipinski definition) is 6. The Labute approximate surface area is 145 Å². The minimum Gasteiger partial charge on any atom is -0.475 e. The topological polar surface area (TPSA) is 96.8 Å². The van der Waals surface area contributed by atoms with Gasteiger partial charge in [0.15, 0.2) is 5.69 Å². The third-order valence-electron chi connectivity index (χ3n) is 4.12. The van der Waals surface area contributed by atoms with Crippen molar-refractivity contribution in [3.8, 4) is 5.88 Å². The molecule has 11 heteroatoms. The fourth-order valence-corrected chi connectivity index (χ4v) is 3.89. The van der Waals surface area contributed by atoms with Gasteiger partial charge in [-0.1, -0.05) is 11.6 Å². The second-order valence-corrected chi connectivity index (χ2v) is 8.16. The first kappa shape index (κ1) is 17.5. The highest BCUT2D eigenvalue weighted by Crippen LogP contribution is 2.30. The molecule has 9 nitrogen and oxygen atoms in total. The first-order valence-electron chi connectivity index (χ1n) is 7.71. The van der Waals surface area contributed by atoms with Gasteiger partial charge in [-0.25, -0.2) is 13.1 Å². The van der Waals surface area contributed by atoms with Crippen LogP contribution in [0.25, 0.3) is 0 Å². The van der Waals surface area contributed by atoms with Crippen LogP contribution in [-0.4, -0.2) is 85.4 Å². The van der Waals surface area contributed by atoms with Gasteiger partial charge in [0.25, 0.3) is 5.91 Å². The Kier molecular flexibility index (Phi) is 5.00. The molecule has 0 saturated carbocycles. The Morgan fingerprint density at radius 2 is 2.00 bits per heavy atom. The first-order chi connectivity index (χ1) is 11.4. The van der Waals surface area contributed by atoms with Crippen molar-refractivity contribution >= 4 is 27.5 Å². The molecular formula is C13H20ClN5O4S. The fraction of sp³-hybridized carbons (Fsp3) is 0.692. The highest BCUT2D eigenvalue weighted by molar-refractivity contribution is 7.88. The standard InChI is InChI=1S/C13H20ClN5O4S/c1-24(21,22)18-6-4-17(5-7-18)3-2-15-12(20)11-10(14)13-19(16-11)8-9-23-13/h2-9H2,1H3,(H,15,20). The zero-order chi connectivity index (χ0) is 17.3. The average molecular weight is 378 g/mol. The molecule has 24 heavy (non-hydrogen) atoms. The van der Waals surface area contributed by atoms with Crippen molar-refractivity contribution in [2.24, 2.45) is 0 Å². The van der Waals surface area contributed by atoms with Crippen LogP contribution < -0.4 is 10.1 Å². The SMILES string of the molecule is CS(=O)(=O)N1CCN(CCNC(=O)c2nn3c(c2Cl)OCC3)CC1. The van der Waals surface area contributed by atoms with Crippen molar-refractivity contribution in [1.82, 2.24) is 24.3 Å². The number of fused-ring (bicyclic) bond motifs is 1. The fourth-order valence-electron chi connectivity index (χ4n) is 2.78. The molecule has 1 saturated heterocycles. The van der Waals surface area contributed by atoms with Crippen LogP contribution in [-0.2, 0) is 16.6 Å². The molecule has 0 aliphatic carbocycles. The molecule has 1 aromatic rings. The number of ether oxygens (including phenoxy) is 1. The monoisotopic (exact) mass is 377 g/mol. The van der Waals surface area contributed by atoms with Gasteiger partial charge < -0.3 is 10.1 Å². The van der Waals surface area contributed by atoms with Crippen molar-refractivity contribution in [2.75, 3.05) is 52.1 Å². The van der Waals surface area contributed by atoms with Crippen molar-refractivity contribution < 1.29 is 17.9 Å². The molecule has 0 radical (unpaired) electrons. The van der Waals surface area contributed by atoms with Gasteiger partial charge in [0.05, 0.1) is 12.8 Å². The van der Waals surface area contributed by atoms with Gasteiger partial charge in [-0.15, -0.1) is 0 Å². The molecule has 3 rings (SSSR count). The summed E-state index contributed by atoms with van der Waals surface area (Å²) in [5.41, 5.74) is 0.174. The summed E-state index contributed by atoms with van der Waals surface area (Å²) in [5, 5.41) is 7.18. The number of carbonyl (C=O) groups excluding carboxylic acids is 1. The molecule has 1 fully saturated rings. The van der Waals surface area contributed by atoms with Gasteiger partial charge in [-0.2, -0.15) is 9.40 Å². The molecule has 1 N–H and O–H groups in total. The molecule has 134 valence electrons. The summed E-state index contributed by atoms with van der Waals surface area (Å²) >= 11 is 6.11. The molecule has 0 spiro atoms. The number of nitrogens with zero attached hydrogens (tertiary/aromatic N) is 4. The molecule has 0 aromatic carbocycles. The van der Waals surface area contributed by atoms with E-state index in [0.717, 1.165) is 0 Å². The van der Waals surface area contributed by atoms with E-state index in [0.29, 0.717) is 58.3 Å². The Bertz CT molecular complexity index is 727. The summed E-state index contributed by atoms with van der Waals surface area (Å²) in [5.74, 6) is 0.110. The van der Waals surface area contributed by atoms with E-state index in [1.54, 1.807) is 4.68 Å². The van der Waals surface area contributed by atoms with Crippen LogP contribution in [0.15, 0.2) is 0 Å². The minimum atomic E-state index is -3.12. The van der Waals surface area contributed by atoms with Crippen molar-refractivity contribution in [3.63, 3.8) is 0 Å². The molecule has 1 aromatic heterocycles. The maximum Gasteiger partial charge on any atom is 0.273 e. The summed E-state index contributed by atoms with van der Waals surface area (Å²) in [6.07, 6.45) is 1.22. The number of rotatable bonds is 5. The lowest BCUT2D eigenvalue weighted by molar-refractivity contribution is 0.0939. The van der Waals surface area contributed by atoms with E-state index in [1.807, 2.05) is 0 Å². The van der Waals surface area contributed by atoms with Crippen LogP contribution in [0.2, 0.25) is 5.02 Å². The molecule has 2 aliphatic rings. The third-order valence-corrected chi connectivity index (χ3v) is 5.77. The van der Waals surface area contributed by atoms with Crippen molar-refractivity contribution in [3.05, 3.63) is 10.7 Å². The summed E-state index contributed by atoms with van der Waals surface area (Å²) in [6, 6.07) is 0. The first-order valence-corrected chi connectivity index (χ1v) is 9.93. The van der Waals surface area contributed by atoms with E-state index >= 15 is 0 Å². The zero-order valence-electron chi connectivity index (χ0n) is 13.4. The van der Waals surface area contributed by atoms with Gasteiger partial charge in [-0.3, -0.25) is 9.69 Å². The quantitative estimate of drug-likeness (QED) is 0.724. The minimum absolute atomic E-state index is 0.174. The number of halogens is 1. The van der Waals surface area contributed by atoms with Gasteiger partial charge >= 0.3 is 0 Å². The highest BCUT2D eigenvalue weighted by atomic mass is 35.5. The molecule has 1 amide bonds. The molecule has 0 bridgehead atoms. The van der Waals surface area contributed by atoms with E-state index in [2.05, 4.69) is 15.3 Å². The number of carbonyl (C=O) groups is 1. The van der Waals surface area contributed by atoms with Gasteiger partial charge in [-0.05, 0) is 0 Å². The average Bonchev–Trinajstić information content (AvgIpc) is 3.10. The van der Waals surface area contributed by atoms with E-state index in [1.165, 1.54) is 10.6 Å². The van der Waals surface area contributed by atoms with E-state index in [9.17, 15) is 13.2 Å². The van der Waals surface area contributed by atoms with Crippen LogP contribution in [0.3, 0.4) is 0 Å². The lowest BCUT2D eigenvalue weighted by atomic mass is 10.3. The third kappa shape index (κ3) is 3.66. The van der Waals surface area contributed by atoms with E-state index in [4.69, 9.17) is 16.3 Å². The Hall–Kier alpha value is -1.36. The lowest BCUT2D eigenvalue weighted by Crippen LogP contribution is -2.49. The van der Waals surface area contributed by atoms with Gasteiger partial charge in [0, 0.05) is 39.3 Å². The molecular weight excluding hydrogens is 358 g/mol. The maximum absolute atomic E-state index is 12.2. The second-order valence-electron chi connectivity index (χ2n) is 5.80. The molecule has 3 heterocycles. The van der Waals surface area contributed by atoms with Gasteiger partial charge in [0.1, 0.15) is 11.6 Å². The molecule has 2 aliphatic heterocycles. The maximum atomic E-state index is 12.2. The number of nitrogens with one attached hydrogen (secondary N) is 1. The summed E-state index contributed by atoms with van der Waals surface area (Å²) in [6.45, 7) is 4.44. The van der Waals surface area contributed by atoms with Gasteiger partial charge in [0.2, 0.25) is 15.9 Å². The number of amides is 1. The largest absolute Gasteiger partial charge is 0.475 e. The number of hydrogen-bond donors (Lipinski definition) is 1. The van der Waals surface area contributed by atoms with Crippen LogP contribution in [0.1, 0.15) is 10.5 Å².